The van der Waals surface area contributed by atoms with E-state index < -0.39 is 0 Å². The highest BCUT2D eigenvalue weighted by molar-refractivity contribution is 5.92. The SMILES string of the molecule is Cc1ccc(CC(=O)Nc2ccc(N3CCN(c4ccccc4)CC3)cc2)cc1. The Morgan fingerprint density at radius 2 is 1.31 bits per heavy atom. The standard InChI is InChI=1S/C25H27N3O/c1-20-7-9-21(10-8-20)19-25(29)26-22-11-13-24(14-12-22)28-17-15-27(16-18-28)23-5-3-2-4-6-23/h2-14H,15-19H2,1H3,(H,26,29). The Kier molecular flexibility index (Phi) is 5.80. The monoisotopic (exact) mass is 385 g/mol. The van der Waals surface area contributed by atoms with Crippen molar-refractivity contribution < 1.29 is 4.79 Å². The summed E-state index contributed by atoms with van der Waals surface area (Å²) in [6, 6.07) is 26.8. The molecule has 1 amide bonds. The van der Waals surface area contributed by atoms with Crippen LogP contribution in [0.15, 0.2) is 78.9 Å². The van der Waals surface area contributed by atoms with Crippen molar-refractivity contribution in [2.45, 2.75) is 13.3 Å². The summed E-state index contributed by atoms with van der Waals surface area (Å²) in [5.74, 6) is 0.0121. The zero-order chi connectivity index (χ0) is 20.1. The molecule has 4 heteroatoms. The number of anilines is 3. The predicted molar refractivity (Wildman–Crippen MR) is 121 cm³/mol. The van der Waals surface area contributed by atoms with E-state index in [2.05, 4.69) is 57.6 Å². The fourth-order valence-electron chi connectivity index (χ4n) is 3.71. The maximum Gasteiger partial charge on any atom is 0.228 e. The van der Waals surface area contributed by atoms with Crippen molar-refractivity contribution in [2.75, 3.05) is 41.3 Å². The lowest BCUT2D eigenvalue weighted by Crippen LogP contribution is -2.46. The fourth-order valence-corrected chi connectivity index (χ4v) is 3.71. The minimum atomic E-state index is 0.0121. The number of carbonyl (C=O) groups excluding carboxylic acids is 1. The number of para-hydroxylation sites is 1. The molecule has 3 aromatic carbocycles. The molecule has 1 aliphatic rings. The molecule has 4 nitrogen and oxygen atoms in total. The number of hydrogen-bond donors (Lipinski definition) is 1. The van der Waals surface area contributed by atoms with Crippen molar-refractivity contribution in [3.8, 4) is 0 Å². The van der Waals surface area contributed by atoms with Gasteiger partial charge in [0.25, 0.3) is 0 Å². The highest BCUT2D eigenvalue weighted by Crippen LogP contribution is 2.22. The van der Waals surface area contributed by atoms with Crippen LogP contribution in [0.4, 0.5) is 17.1 Å². The number of rotatable bonds is 5. The van der Waals surface area contributed by atoms with Crippen molar-refractivity contribution in [3.05, 3.63) is 90.0 Å². The minimum Gasteiger partial charge on any atom is -0.368 e. The van der Waals surface area contributed by atoms with E-state index in [9.17, 15) is 4.79 Å². The van der Waals surface area contributed by atoms with E-state index in [0.29, 0.717) is 6.42 Å². The Balaban J connectivity index is 1.30. The van der Waals surface area contributed by atoms with Crippen LogP contribution in [0.2, 0.25) is 0 Å². The van der Waals surface area contributed by atoms with Gasteiger partial charge in [-0.25, -0.2) is 0 Å². The van der Waals surface area contributed by atoms with Crippen LogP contribution in [-0.4, -0.2) is 32.1 Å². The molecule has 1 N–H and O–H groups in total. The number of piperazine rings is 1. The normalized spacial score (nSPS) is 14.0. The van der Waals surface area contributed by atoms with Crippen LogP contribution in [0, 0.1) is 6.92 Å². The van der Waals surface area contributed by atoms with E-state index in [4.69, 9.17) is 0 Å². The fraction of sp³-hybridized carbons (Fsp3) is 0.240. The summed E-state index contributed by atoms with van der Waals surface area (Å²) in [5.41, 5.74) is 5.57. The lowest BCUT2D eigenvalue weighted by molar-refractivity contribution is -0.115. The van der Waals surface area contributed by atoms with Gasteiger partial charge in [0.1, 0.15) is 0 Å². The second-order valence-electron chi connectivity index (χ2n) is 7.57. The van der Waals surface area contributed by atoms with Gasteiger partial charge in [-0.15, -0.1) is 0 Å². The molecule has 0 spiro atoms. The molecule has 1 saturated heterocycles. The molecule has 0 unspecified atom stereocenters. The Morgan fingerprint density at radius 3 is 1.90 bits per heavy atom. The summed E-state index contributed by atoms with van der Waals surface area (Å²) in [6.07, 6.45) is 0.392. The van der Waals surface area contributed by atoms with Crippen LogP contribution >= 0.6 is 0 Å². The molecule has 0 aliphatic carbocycles. The van der Waals surface area contributed by atoms with Crippen molar-refractivity contribution in [2.24, 2.45) is 0 Å². The van der Waals surface area contributed by atoms with E-state index >= 15 is 0 Å². The van der Waals surface area contributed by atoms with Gasteiger partial charge in [-0.2, -0.15) is 0 Å². The van der Waals surface area contributed by atoms with Crippen LogP contribution in [0.3, 0.4) is 0 Å². The molecule has 1 fully saturated rings. The lowest BCUT2D eigenvalue weighted by atomic mass is 10.1. The first kappa shape index (κ1) is 19.1. The van der Waals surface area contributed by atoms with Gasteiger partial charge in [0.05, 0.1) is 6.42 Å². The first-order chi connectivity index (χ1) is 14.2. The molecule has 0 aromatic heterocycles. The summed E-state index contributed by atoms with van der Waals surface area (Å²) in [4.78, 5) is 17.1. The van der Waals surface area contributed by atoms with Gasteiger partial charge in [-0.05, 0) is 48.9 Å². The third-order valence-electron chi connectivity index (χ3n) is 5.40. The van der Waals surface area contributed by atoms with Crippen LogP contribution in [-0.2, 0) is 11.2 Å². The van der Waals surface area contributed by atoms with Crippen LogP contribution in [0.25, 0.3) is 0 Å². The quantitative estimate of drug-likeness (QED) is 0.702. The van der Waals surface area contributed by atoms with Crippen molar-refractivity contribution in [3.63, 3.8) is 0 Å². The van der Waals surface area contributed by atoms with E-state index in [1.165, 1.54) is 16.9 Å². The molecule has 1 heterocycles. The largest absolute Gasteiger partial charge is 0.368 e. The summed E-state index contributed by atoms with van der Waals surface area (Å²) < 4.78 is 0. The van der Waals surface area contributed by atoms with E-state index in [1.54, 1.807) is 0 Å². The molecule has 1 aliphatic heterocycles. The van der Waals surface area contributed by atoms with E-state index in [0.717, 1.165) is 37.4 Å². The van der Waals surface area contributed by atoms with Gasteiger partial charge in [-0.1, -0.05) is 48.0 Å². The molecule has 0 radical (unpaired) electrons. The number of nitrogens with zero attached hydrogens (tertiary/aromatic N) is 2. The number of hydrogen-bond acceptors (Lipinski definition) is 3. The predicted octanol–water partition coefficient (Wildman–Crippen LogP) is 4.50. The zero-order valence-electron chi connectivity index (χ0n) is 16.8. The Bertz CT molecular complexity index is 928. The molecule has 4 rings (SSSR count). The highest BCUT2D eigenvalue weighted by Gasteiger charge is 2.17. The number of carbonyl (C=O) groups is 1. The van der Waals surface area contributed by atoms with Gasteiger partial charge in [-0.3, -0.25) is 4.79 Å². The van der Waals surface area contributed by atoms with Crippen LogP contribution in [0.1, 0.15) is 11.1 Å². The molecular weight excluding hydrogens is 358 g/mol. The highest BCUT2D eigenvalue weighted by atomic mass is 16.1. The molecule has 0 saturated carbocycles. The van der Waals surface area contributed by atoms with Crippen LogP contribution in [0.5, 0.6) is 0 Å². The summed E-state index contributed by atoms with van der Waals surface area (Å²) in [5, 5.41) is 3.00. The molecule has 3 aromatic rings. The van der Waals surface area contributed by atoms with Crippen molar-refractivity contribution >= 4 is 23.0 Å². The topological polar surface area (TPSA) is 35.6 Å². The smallest absolute Gasteiger partial charge is 0.228 e. The number of aryl methyl sites for hydroxylation is 1. The second-order valence-corrected chi connectivity index (χ2v) is 7.57. The van der Waals surface area contributed by atoms with Gasteiger partial charge in [0.2, 0.25) is 5.91 Å². The average molecular weight is 386 g/mol. The average Bonchev–Trinajstić information content (AvgIpc) is 2.77. The van der Waals surface area contributed by atoms with Crippen LogP contribution < -0.4 is 15.1 Å². The zero-order valence-corrected chi connectivity index (χ0v) is 16.8. The van der Waals surface area contributed by atoms with Gasteiger partial charge >= 0.3 is 0 Å². The molecule has 0 bridgehead atoms. The van der Waals surface area contributed by atoms with E-state index in [-0.39, 0.29) is 5.91 Å². The molecule has 148 valence electrons. The maximum atomic E-state index is 12.3. The van der Waals surface area contributed by atoms with Gasteiger partial charge in [0, 0.05) is 43.2 Å². The minimum absolute atomic E-state index is 0.0121. The third-order valence-corrected chi connectivity index (χ3v) is 5.40. The molecule has 29 heavy (non-hydrogen) atoms. The lowest BCUT2D eigenvalue weighted by Gasteiger charge is -2.37. The summed E-state index contributed by atoms with van der Waals surface area (Å²) in [6.45, 7) is 6.06. The Morgan fingerprint density at radius 1 is 0.759 bits per heavy atom. The van der Waals surface area contributed by atoms with E-state index in [1.807, 2.05) is 43.3 Å². The second kappa shape index (κ2) is 8.82. The van der Waals surface area contributed by atoms with Gasteiger partial charge < -0.3 is 15.1 Å². The Labute approximate surface area is 172 Å². The summed E-state index contributed by atoms with van der Waals surface area (Å²) >= 11 is 0. The summed E-state index contributed by atoms with van der Waals surface area (Å²) in [7, 11) is 0. The van der Waals surface area contributed by atoms with Gasteiger partial charge in [0.15, 0.2) is 0 Å². The molecule has 0 atom stereocenters. The Hall–Kier alpha value is -3.27. The maximum absolute atomic E-state index is 12.3. The van der Waals surface area contributed by atoms with Crippen molar-refractivity contribution in [1.29, 1.82) is 0 Å². The molecular formula is C25H27N3O. The number of benzene rings is 3. The first-order valence-corrected chi connectivity index (χ1v) is 10.2. The first-order valence-electron chi connectivity index (χ1n) is 10.2. The third kappa shape index (κ3) is 4.96. The number of amides is 1. The van der Waals surface area contributed by atoms with Crippen molar-refractivity contribution in [1.82, 2.24) is 0 Å². The number of nitrogens with one attached hydrogen (secondary N) is 1.